The number of nitrogens with zero attached hydrogens (tertiary/aromatic N) is 4. The summed E-state index contributed by atoms with van der Waals surface area (Å²) >= 11 is 0. The Morgan fingerprint density at radius 2 is 1.92 bits per heavy atom. The van der Waals surface area contributed by atoms with Crippen LogP contribution in [-0.2, 0) is 24.4 Å². The number of hydrogen-bond acceptors (Lipinski definition) is 5. The first-order valence-corrected chi connectivity index (χ1v) is 13.9. The third kappa shape index (κ3) is 5.28. The van der Waals surface area contributed by atoms with Crippen LogP contribution in [0.25, 0.3) is 11.0 Å². The number of aromatic nitrogens is 3. The number of aryl methyl sites for hydroxylation is 3. The van der Waals surface area contributed by atoms with E-state index in [9.17, 15) is 9.90 Å². The monoisotopic (exact) mass is 526 g/mol. The molecular formula is C32H38N4O3. The molecule has 0 unspecified atom stereocenters. The van der Waals surface area contributed by atoms with Crippen LogP contribution in [0.5, 0.6) is 5.75 Å². The van der Waals surface area contributed by atoms with Gasteiger partial charge in [-0.05, 0) is 67.1 Å². The lowest BCUT2D eigenvalue weighted by Gasteiger charge is -2.27. The lowest BCUT2D eigenvalue weighted by Crippen LogP contribution is -2.32. The Balaban J connectivity index is 1.53. The Labute approximate surface area is 230 Å². The predicted molar refractivity (Wildman–Crippen MR) is 153 cm³/mol. The number of rotatable bonds is 8. The quantitative estimate of drug-likeness (QED) is 0.299. The second-order valence-corrected chi connectivity index (χ2v) is 10.8. The first kappa shape index (κ1) is 26.9. The van der Waals surface area contributed by atoms with Gasteiger partial charge in [-0.3, -0.25) is 9.69 Å². The van der Waals surface area contributed by atoms with Crippen molar-refractivity contribution < 1.29 is 14.6 Å². The van der Waals surface area contributed by atoms with Crippen molar-refractivity contribution in [1.82, 2.24) is 19.9 Å². The van der Waals surface area contributed by atoms with Crippen LogP contribution in [0.3, 0.4) is 0 Å². The van der Waals surface area contributed by atoms with Crippen molar-refractivity contribution in [2.24, 2.45) is 5.92 Å². The van der Waals surface area contributed by atoms with Gasteiger partial charge in [0.1, 0.15) is 17.4 Å². The van der Waals surface area contributed by atoms with Crippen molar-refractivity contribution in [3.63, 3.8) is 0 Å². The maximum atomic E-state index is 12.4. The van der Waals surface area contributed by atoms with Gasteiger partial charge >= 0.3 is 5.97 Å². The lowest BCUT2D eigenvalue weighted by atomic mass is 9.79. The Bertz CT molecular complexity index is 1490. The average molecular weight is 527 g/mol. The van der Waals surface area contributed by atoms with Gasteiger partial charge in [0.15, 0.2) is 0 Å². The standard InChI is InChI=1S/C32H38N4O3/c1-6-26-19-35(17-24-10-8-9-11-29(24)39-26)18-25-16-23(13-12-20(25)3)30(22(5)32(37)38)27-14-15-28-31(21(27)4)33-34-36(28)7-2/h8-16,22,26,30H,6-7,17-19H2,1-5H3,(H,37,38)/t22-,26+,30+/m0/s1. The molecule has 1 aliphatic heterocycles. The summed E-state index contributed by atoms with van der Waals surface area (Å²) in [6.45, 7) is 13.3. The van der Waals surface area contributed by atoms with Gasteiger partial charge in [0.25, 0.3) is 0 Å². The van der Waals surface area contributed by atoms with Crippen molar-refractivity contribution in [2.45, 2.75) is 72.7 Å². The normalized spacial score (nSPS) is 17.3. The molecule has 1 aliphatic rings. The fraction of sp³-hybridized carbons (Fsp3) is 0.406. The molecule has 7 heteroatoms. The Hall–Kier alpha value is -3.71. The third-order valence-corrected chi connectivity index (χ3v) is 8.21. The number of hydrogen-bond donors (Lipinski definition) is 1. The largest absolute Gasteiger partial charge is 0.489 e. The highest BCUT2D eigenvalue weighted by atomic mass is 16.5. The zero-order valence-electron chi connectivity index (χ0n) is 23.5. The van der Waals surface area contributed by atoms with Gasteiger partial charge in [-0.1, -0.05) is 61.5 Å². The molecule has 39 heavy (non-hydrogen) atoms. The zero-order valence-corrected chi connectivity index (χ0v) is 23.5. The van der Waals surface area contributed by atoms with E-state index in [2.05, 4.69) is 71.5 Å². The van der Waals surface area contributed by atoms with Gasteiger partial charge in [0.05, 0.1) is 11.4 Å². The molecule has 204 valence electrons. The fourth-order valence-electron chi connectivity index (χ4n) is 5.82. The summed E-state index contributed by atoms with van der Waals surface area (Å²) < 4.78 is 8.19. The minimum atomic E-state index is -0.814. The summed E-state index contributed by atoms with van der Waals surface area (Å²) in [5.74, 6) is -0.764. The number of fused-ring (bicyclic) bond motifs is 2. The van der Waals surface area contributed by atoms with E-state index in [1.807, 2.05) is 30.7 Å². The fourth-order valence-corrected chi connectivity index (χ4v) is 5.82. The molecule has 0 aliphatic carbocycles. The van der Waals surface area contributed by atoms with Crippen molar-refractivity contribution in [2.75, 3.05) is 6.54 Å². The molecule has 0 fully saturated rings. The van der Waals surface area contributed by atoms with Crippen LogP contribution in [0.15, 0.2) is 54.6 Å². The summed E-state index contributed by atoms with van der Waals surface area (Å²) in [6, 6.07) is 18.8. The maximum Gasteiger partial charge on any atom is 0.307 e. The smallest absolute Gasteiger partial charge is 0.307 e. The molecule has 0 spiro atoms. The second kappa shape index (κ2) is 11.2. The first-order valence-electron chi connectivity index (χ1n) is 13.9. The molecule has 7 nitrogen and oxygen atoms in total. The molecule has 0 bridgehead atoms. The van der Waals surface area contributed by atoms with E-state index in [0.717, 1.165) is 66.1 Å². The van der Waals surface area contributed by atoms with E-state index in [-0.39, 0.29) is 12.0 Å². The highest BCUT2D eigenvalue weighted by Crippen LogP contribution is 2.37. The predicted octanol–water partition coefficient (Wildman–Crippen LogP) is 6.09. The van der Waals surface area contributed by atoms with Crippen molar-refractivity contribution in [1.29, 1.82) is 0 Å². The molecule has 0 saturated heterocycles. The summed E-state index contributed by atoms with van der Waals surface area (Å²) in [5, 5.41) is 18.9. The SMILES string of the molecule is CC[C@@H]1CN(Cc2cc([C@H](c3ccc4c(nnn4CC)c3C)[C@H](C)C(=O)O)ccc2C)Cc2ccccc2O1. The topological polar surface area (TPSA) is 80.5 Å². The Morgan fingerprint density at radius 3 is 2.67 bits per heavy atom. The summed E-state index contributed by atoms with van der Waals surface area (Å²) in [6.07, 6.45) is 1.06. The number of carboxylic acid groups (broad SMARTS) is 1. The number of benzene rings is 3. The minimum Gasteiger partial charge on any atom is -0.489 e. The summed E-state index contributed by atoms with van der Waals surface area (Å²) in [4.78, 5) is 14.8. The highest BCUT2D eigenvalue weighted by molar-refractivity contribution is 5.81. The molecule has 5 rings (SSSR count). The van der Waals surface area contributed by atoms with E-state index >= 15 is 0 Å². The summed E-state index contributed by atoms with van der Waals surface area (Å²) in [5.41, 5.74) is 8.39. The molecule has 0 saturated carbocycles. The van der Waals surface area contributed by atoms with Crippen molar-refractivity contribution in [3.8, 4) is 5.75 Å². The number of ether oxygens (including phenoxy) is 1. The van der Waals surface area contributed by atoms with E-state index in [1.54, 1.807) is 6.92 Å². The highest BCUT2D eigenvalue weighted by Gasteiger charge is 2.30. The molecule has 0 radical (unpaired) electrons. The van der Waals surface area contributed by atoms with Gasteiger partial charge in [0, 0.05) is 37.7 Å². The van der Waals surface area contributed by atoms with Crippen LogP contribution in [0.1, 0.15) is 66.5 Å². The number of carboxylic acids is 1. The molecule has 2 heterocycles. The van der Waals surface area contributed by atoms with E-state index < -0.39 is 11.9 Å². The number of para-hydroxylation sites is 1. The van der Waals surface area contributed by atoms with Crippen molar-refractivity contribution in [3.05, 3.63) is 88.0 Å². The van der Waals surface area contributed by atoms with Gasteiger partial charge in [-0.25, -0.2) is 4.68 Å². The second-order valence-electron chi connectivity index (χ2n) is 10.8. The lowest BCUT2D eigenvalue weighted by molar-refractivity contribution is -0.141. The van der Waals surface area contributed by atoms with Crippen molar-refractivity contribution >= 4 is 17.0 Å². The molecule has 0 amide bonds. The third-order valence-electron chi connectivity index (χ3n) is 8.21. The first-order chi connectivity index (χ1) is 18.8. The Morgan fingerprint density at radius 1 is 1.13 bits per heavy atom. The zero-order chi connectivity index (χ0) is 27.7. The van der Waals surface area contributed by atoms with Crippen LogP contribution < -0.4 is 4.74 Å². The maximum absolute atomic E-state index is 12.4. The van der Waals surface area contributed by atoms with Gasteiger partial charge in [-0.2, -0.15) is 0 Å². The van der Waals surface area contributed by atoms with E-state index in [4.69, 9.17) is 4.74 Å². The van der Waals surface area contributed by atoms with Crippen LogP contribution in [-0.4, -0.2) is 43.6 Å². The van der Waals surface area contributed by atoms with Crippen LogP contribution in [0.2, 0.25) is 0 Å². The molecular weight excluding hydrogens is 488 g/mol. The average Bonchev–Trinajstić information content (AvgIpc) is 3.27. The van der Waals surface area contributed by atoms with E-state index in [1.165, 1.54) is 16.7 Å². The van der Waals surface area contributed by atoms with E-state index in [0.29, 0.717) is 0 Å². The number of carbonyl (C=O) groups is 1. The van der Waals surface area contributed by atoms with Crippen LogP contribution in [0.4, 0.5) is 0 Å². The van der Waals surface area contributed by atoms with Gasteiger partial charge in [-0.15, -0.1) is 5.10 Å². The molecule has 1 N–H and O–H groups in total. The van der Waals surface area contributed by atoms with Gasteiger partial charge < -0.3 is 9.84 Å². The van der Waals surface area contributed by atoms with Crippen LogP contribution >= 0.6 is 0 Å². The summed E-state index contributed by atoms with van der Waals surface area (Å²) in [7, 11) is 0. The molecule has 1 aromatic heterocycles. The Kier molecular flexibility index (Phi) is 7.71. The number of aliphatic carboxylic acids is 1. The van der Waals surface area contributed by atoms with Crippen LogP contribution in [0, 0.1) is 19.8 Å². The molecule has 3 atom stereocenters. The minimum absolute atomic E-state index is 0.128. The van der Waals surface area contributed by atoms with Gasteiger partial charge in [0.2, 0.25) is 0 Å². The molecule has 4 aromatic rings. The molecule has 3 aromatic carbocycles.